The smallest absolute Gasteiger partial charge is 0.404 e. The second-order valence-corrected chi connectivity index (χ2v) is 8.11. The van der Waals surface area contributed by atoms with E-state index in [1.807, 2.05) is 0 Å². The minimum atomic E-state index is -1.71. The van der Waals surface area contributed by atoms with Crippen LogP contribution in [0, 0.1) is 12.3 Å². The second kappa shape index (κ2) is 14.4. The molecule has 0 saturated carbocycles. The third-order valence-electron chi connectivity index (χ3n) is 5.10. The van der Waals surface area contributed by atoms with Crippen LogP contribution in [0.1, 0.15) is 36.7 Å². The topological polar surface area (TPSA) is 205 Å². The van der Waals surface area contributed by atoms with Gasteiger partial charge in [0.15, 0.2) is 18.3 Å². The van der Waals surface area contributed by atoms with Crippen molar-refractivity contribution in [1.29, 1.82) is 0 Å². The lowest BCUT2D eigenvalue weighted by Gasteiger charge is -2.43. The van der Waals surface area contributed by atoms with Crippen molar-refractivity contribution in [2.75, 3.05) is 13.7 Å². The van der Waals surface area contributed by atoms with Gasteiger partial charge in [-0.2, -0.15) is 0 Å². The van der Waals surface area contributed by atoms with Gasteiger partial charge < -0.3 is 44.2 Å². The van der Waals surface area contributed by atoms with Crippen LogP contribution in [-0.4, -0.2) is 80.2 Å². The highest BCUT2D eigenvalue weighted by molar-refractivity contribution is 5.97. The van der Waals surface area contributed by atoms with Gasteiger partial charge in [0.05, 0.1) is 19.2 Å². The van der Waals surface area contributed by atoms with Gasteiger partial charge in [0.25, 0.3) is 5.91 Å². The van der Waals surface area contributed by atoms with E-state index in [1.54, 1.807) is 0 Å². The maximum atomic E-state index is 12.9. The number of hydrogen-bond donors (Lipinski definition) is 2. The number of methoxy groups -OCH3 is 1. The number of nitrogens with two attached hydrogens (primary N) is 1. The summed E-state index contributed by atoms with van der Waals surface area (Å²) >= 11 is 0. The lowest BCUT2D eigenvalue weighted by Crippen LogP contribution is -2.64. The summed E-state index contributed by atoms with van der Waals surface area (Å²) in [5.74, 6) is -2.31. The summed E-state index contributed by atoms with van der Waals surface area (Å²) in [4.78, 5) is 72.3. The van der Waals surface area contributed by atoms with Crippen LogP contribution in [0.5, 0.6) is 5.75 Å². The fourth-order valence-electron chi connectivity index (χ4n) is 3.63. The van der Waals surface area contributed by atoms with Crippen molar-refractivity contribution in [3.63, 3.8) is 0 Å². The molecule has 2 amide bonds. The van der Waals surface area contributed by atoms with Gasteiger partial charge in [-0.1, -0.05) is 12.0 Å². The summed E-state index contributed by atoms with van der Waals surface area (Å²) in [5.41, 5.74) is 5.20. The van der Waals surface area contributed by atoms with Crippen molar-refractivity contribution in [2.24, 2.45) is 5.73 Å². The standard InChI is InChI=1S/C25H28N2O13/c1-6-9-27-22(31)16-10-15(11-35-25(26)33)7-8-17(16)39-24-21(38-14(4)30)19(37-13(3)29)18(36-12(2)28)20(40-24)23(32)34-5/h1,7-8,10,18-21,24H,9,11H2,2-5H3,(H2,26,33)(H,27,31)/t18-,19-,20-,21+,24+/m0/s1. The number of rotatable bonds is 10. The summed E-state index contributed by atoms with van der Waals surface area (Å²) < 4.78 is 36.9. The van der Waals surface area contributed by atoms with Crippen molar-refractivity contribution in [2.45, 2.75) is 58.1 Å². The summed E-state index contributed by atoms with van der Waals surface area (Å²) in [5, 5.41) is 2.45. The number of hydrogen-bond acceptors (Lipinski definition) is 13. The first-order valence-corrected chi connectivity index (χ1v) is 11.6. The molecular weight excluding hydrogens is 536 g/mol. The van der Waals surface area contributed by atoms with Crippen LogP contribution in [-0.2, 0) is 54.2 Å². The number of carbonyl (C=O) groups is 6. The van der Waals surface area contributed by atoms with E-state index in [0.29, 0.717) is 5.56 Å². The summed E-state index contributed by atoms with van der Waals surface area (Å²) in [6, 6.07) is 4.02. The molecule has 1 aromatic rings. The molecule has 216 valence electrons. The first kappa shape index (κ1) is 31.4. The first-order valence-electron chi connectivity index (χ1n) is 11.6. The maximum absolute atomic E-state index is 12.9. The Morgan fingerprint density at radius 2 is 1.57 bits per heavy atom. The third-order valence-corrected chi connectivity index (χ3v) is 5.10. The number of ether oxygens (including phenoxy) is 7. The van der Waals surface area contributed by atoms with Crippen LogP contribution in [0.3, 0.4) is 0 Å². The van der Waals surface area contributed by atoms with Crippen molar-refractivity contribution < 1.29 is 61.9 Å². The minimum Gasteiger partial charge on any atom is -0.467 e. The molecule has 0 aromatic heterocycles. The Labute approximate surface area is 228 Å². The van der Waals surface area contributed by atoms with E-state index in [0.717, 1.165) is 27.9 Å². The highest BCUT2D eigenvalue weighted by Crippen LogP contribution is 2.32. The number of amides is 2. The Hall–Kier alpha value is -4.84. The number of primary amides is 1. The maximum Gasteiger partial charge on any atom is 0.404 e. The number of nitrogens with one attached hydrogen (secondary N) is 1. The van der Waals surface area contributed by atoms with Gasteiger partial charge in [0, 0.05) is 20.8 Å². The highest BCUT2D eigenvalue weighted by Gasteiger charge is 2.56. The molecular formula is C25H28N2O13. The average molecular weight is 565 g/mol. The Balaban J connectivity index is 2.60. The molecule has 0 spiro atoms. The Bertz CT molecular complexity index is 1190. The molecule has 1 aromatic carbocycles. The average Bonchev–Trinajstić information content (AvgIpc) is 2.88. The van der Waals surface area contributed by atoms with Crippen molar-refractivity contribution in [3.8, 4) is 18.1 Å². The summed E-state index contributed by atoms with van der Waals surface area (Å²) in [7, 11) is 1.03. The molecule has 2 rings (SSSR count). The molecule has 3 N–H and O–H groups in total. The summed E-state index contributed by atoms with van der Waals surface area (Å²) in [6.07, 6.45) is -4.07. The van der Waals surface area contributed by atoms with Crippen LogP contribution in [0.2, 0.25) is 0 Å². The molecule has 1 aliphatic heterocycles. The summed E-state index contributed by atoms with van der Waals surface area (Å²) in [6.45, 7) is 2.67. The predicted octanol–water partition coefficient (Wildman–Crippen LogP) is -0.283. The third kappa shape index (κ3) is 8.60. The van der Waals surface area contributed by atoms with Gasteiger partial charge in [-0.3, -0.25) is 19.2 Å². The Kier molecular flexibility index (Phi) is 11.3. The monoisotopic (exact) mass is 564 g/mol. The van der Waals surface area contributed by atoms with Gasteiger partial charge in [-0.25, -0.2) is 9.59 Å². The van der Waals surface area contributed by atoms with Crippen LogP contribution >= 0.6 is 0 Å². The van der Waals surface area contributed by atoms with Gasteiger partial charge >= 0.3 is 30.0 Å². The fourth-order valence-corrected chi connectivity index (χ4v) is 3.63. The first-order chi connectivity index (χ1) is 18.9. The largest absolute Gasteiger partial charge is 0.467 e. The Morgan fingerprint density at radius 3 is 2.12 bits per heavy atom. The van der Waals surface area contributed by atoms with Gasteiger partial charge in [0.2, 0.25) is 12.4 Å². The van der Waals surface area contributed by atoms with E-state index in [2.05, 4.69) is 11.2 Å². The number of terminal acetylenes is 1. The van der Waals surface area contributed by atoms with E-state index >= 15 is 0 Å². The van der Waals surface area contributed by atoms with Gasteiger partial charge in [-0.05, 0) is 17.7 Å². The molecule has 5 atom stereocenters. The zero-order chi connectivity index (χ0) is 30.0. The molecule has 40 heavy (non-hydrogen) atoms. The van der Waals surface area contributed by atoms with Gasteiger partial charge in [0.1, 0.15) is 12.4 Å². The van der Waals surface area contributed by atoms with E-state index in [4.69, 9.17) is 45.3 Å². The molecule has 0 radical (unpaired) electrons. The molecule has 1 saturated heterocycles. The van der Waals surface area contributed by atoms with E-state index in [-0.39, 0.29) is 24.5 Å². The molecule has 15 heteroatoms. The molecule has 1 aliphatic rings. The van der Waals surface area contributed by atoms with Crippen molar-refractivity contribution in [1.82, 2.24) is 5.32 Å². The second-order valence-electron chi connectivity index (χ2n) is 8.11. The number of carbonyl (C=O) groups excluding carboxylic acids is 6. The van der Waals surface area contributed by atoms with Crippen LogP contribution in [0.25, 0.3) is 0 Å². The minimum absolute atomic E-state index is 0.133. The highest BCUT2D eigenvalue weighted by atomic mass is 16.7. The van der Waals surface area contributed by atoms with E-state index < -0.39 is 66.6 Å². The molecule has 1 heterocycles. The van der Waals surface area contributed by atoms with E-state index in [1.165, 1.54) is 18.2 Å². The molecule has 0 bridgehead atoms. The quantitative estimate of drug-likeness (QED) is 0.213. The Morgan fingerprint density at radius 1 is 0.975 bits per heavy atom. The van der Waals surface area contributed by atoms with Crippen molar-refractivity contribution in [3.05, 3.63) is 29.3 Å². The molecule has 15 nitrogen and oxygen atoms in total. The van der Waals surface area contributed by atoms with Gasteiger partial charge in [-0.15, -0.1) is 6.42 Å². The van der Waals surface area contributed by atoms with Crippen molar-refractivity contribution >= 4 is 35.9 Å². The lowest BCUT2D eigenvalue weighted by molar-refractivity contribution is -0.282. The number of esters is 4. The van der Waals surface area contributed by atoms with E-state index in [9.17, 15) is 28.8 Å². The SMILES string of the molecule is C#CCNC(=O)c1cc(COC(N)=O)ccc1O[C@@H]1O[C@H](C(=O)OC)[C@@H](OC(C)=O)[C@H](OC(C)=O)[C@H]1OC(C)=O. The molecule has 0 aliphatic carbocycles. The lowest BCUT2D eigenvalue weighted by atomic mass is 9.97. The fraction of sp³-hybridized carbons (Fsp3) is 0.440. The zero-order valence-electron chi connectivity index (χ0n) is 22.0. The zero-order valence-corrected chi connectivity index (χ0v) is 22.0. The predicted molar refractivity (Wildman–Crippen MR) is 130 cm³/mol. The molecule has 0 unspecified atom stereocenters. The van der Waals surface area contributed by atoms with Crippen LogP contribution < -0.4 is 15.8 Å². The number of benzene rings is 1. The van der Waals surface area contributed by atoms with Crippen LogP contribution in [0.4, 0.5) is 4.79 Å². The van der Waals surface area contributed by atoms with Crippen LogP contribution in [0.15, 0.2) is 18.2 Å². The molecule has 1 fully saturated rings. The normalized spacial score (nSPS) is 21.5.